The predicted molar refractivity (Wildman–Crippen MR) is 135 cm³/mol. The molecular weight excluding hydrogens is 472 g/mol. The minimum absolute atomic E-state index is 0.0511. The summed E-state index contributed by atoms with van der Waals surface area (Å²) in [5, 5.41) is 12.4. The molecule has 10 heteroatoms. The van der Waals surface area contributed by atoms with Gasteiger partial charge in [-0.25, -0.2) is 4.98 Å². The summed E-state index contributed by atoms with van der Waals surface area (Å²) < 4.78 is 6.84. The highest BCUT2D eigenvalue weighted by molar-refractivity contribution is 8.18. The van der Waals surface area contributed by atoms with Crippen molar-refractivity contribution < 1.29 is 14.1 Å². The fraction of sp³-hybridized carbons (Fsp3) is 0.0417. The lowest BCUT2D eigenvalue weighted by atomic mass is 10.1. The van der Waals surface area contributed by atoms with Crippen molar-refractivity contribution in [3.63, 3.8) is 0 Å². The van der Waals surface area contributed by atoms with Crippen LogP contribution >= 0.6 is 23.1 Å². The summed E-state index contributed by atoms with van der Waals surface area (Å²) >= 11 is 2.66. The van der Waals surface area contributed by atoms with E-state index in [4.69, 9.17) is 4.42 Å². The molecule has 168 valence electrons. The maximum atomic E-state index is 13.1. The van der Waals surface area contributed by atoms with E-state index < -0.39 is 4.92 Å². The Bertz CT molecular complexity index is 1470. The quantitative estimate of drug-likeness (QED) is 0.137. The Morgan fingerprint density at radius 1 is 1.15 bits per heavy atom. The zero-order valence-corrected chi connectivity index (χ0v) is 19.2. The van der Waals surface area contributed by atoms with E-state index in [0.29, 0.717) is 38.8 Å². The third kappa shape index (κ3) is 4.16. The van der Waals surface area contributed by atoms with E-state index in [-0.39, 0.29) is 11.6 Å². The molecule has 34 heavy (non-hydrogen) atoms. The number of aromatic nitrogens is 1. The van der Waals surface area contributed by atoms with Crippen LogP contribution in [0.2, 0.25) is 0 Å². The average Bonchev–Trinajstić information content (AvgIpc) is 3.54. The molecule has 0 spiro atoms. The summed E-state index contributed by atoms with van der Waals surface area (Å²) in [6.45, 7) is 4.04. The number of amidine groups is 1. The zero-order chi connectivity index (χ0) is 23.7. The second-order valence-corrected chi connectivity index (χ2v) is 9.17. The molecule has 1 aliphatic heterocycles. The van der Waals surface area contributed by atoms with Crippen LogP contribution in [0.25, 0.3) is 27.6 Å². The Morgan fingerprint density at radius 3 is 2.74 bits per heavy atom. The summed E-state index contributed by atoms with van der Waals surface area (Å²) in [5.74, 6) is 0.526. The molecule has 2 aromatic heterocycles. The van der Waals surface area contributed by atoms with E-state index in [2.05, 4.69) is 16.6 Å². The number of nitro benzene ring substituents is 1. The first-order valence-corrected chi connectivity index (χ1v) is 11.8. The molecule has 0 aliphatic carbocycles. The molecule has 4 aromatic rings. The second-order valence-electron chi connectivity index (χ2n) is 7.15. The smallest absolute Gasteiger partial charge is 0.280 e. The summed E-state index contributed by atoms with van der Waals surface area (Å²) in [7, 11) is 0. The molecule has 1 fully saturated rings. The molecule has 0 radical (unpaired) electrons. The number of thioether (sulfide) groups is 1. The van der Waals surface area contributed by atoms with Crippen LogP contribution in [0, 0.1) is 10.1 Å². The number of nitrogens with zero attached hydrogens (tertiary/aromatic N) is 4. The van der Waals surface area contributed by atoms with E-state index in [9.17, 15) is 14.9 Å². The van der Waals surface area contributed by atoms with Gasteiger partial charge < -0.3 is 4.42 Å². The zero-order valence-electron chi connectivity index (χ0n) is 17.6. The van der Waals surface area contributed by atoms with Gasteiger partial charge in [0.2, 0.25) is 5.13 Å². The molecule has 0 atom stereocenters. The number of hydrogen-bond acceptors (Lipinski definition) is 8. The average molecular weight is 489 g/mol. The highest BCUT2D eigenvalue weighted by atomic mass is 32.2. The lowest BCUT2D eigenvalue weighted by Gasteiger charge is -2.11. The van der Waals surface area contributed by atoms with E-state index >= 15 is 0 Å². The van der Waals surface area contributed by atoms with Crippen LogP contribution in [-0.2, 0) is 4.79 Å². The Morgan fingerprint density at radius 2 is 1.94 bits per heavy atom. The number of rotatable bonds is 6. The van der Waals surface area contributed by atoms with Crippen LogP contribution in [0.1, 0.15) is 5.76 Å². The van der Waals surface area contributed by atoms with Gasteiger partial charge >= 0.3 is 0 Å². The molecule has 3 heterocycles. The largest absolute Gasteiger partial charge is 0.456 e. The van der Waals surface area contributed by atoms with Crippen molar-refractivity contribution in [1.82, 2.24) is 9.88 Å². The minimum Gasteiger partial charge on any atom is -0.456 e. The number of aliphatic imine (C=N–C) groups is 1. The molecular formula is C24H16N4O4S2. The van der Waals surface area contributed by atoms with Gasteiger partial charge in [0.05, 0.1) is 25.6 Å². The third-order valence-electron chi connectivity index (χ3n) is 4.94. The maximum absolute atomic E-state index is 13.1. The van der Waals surface area contributed by atoms with Crippen molar-refractivity contribution in [2.24, 2.45) is 4.99 Å². The van der Waals surface area contributed by atoms with E-state index in [1.165, 1.54) is 34.1 Å². The van der Waals surface area contributed by atoms with Crippen molar-refractivity contribution in [2.75, 3.05) is 6.54 Å². The first-order valence-electron chi connectivity index (χ1n) is 10.1. The van der Waals surface area contributed by atoms with Crippen LogP contribution in [0.3, 0.4) is 0 Å². The topological polar surface area (TPSA) is 102 Å². The summed E-state index contributed by atoms with van der Waals surface area (Å²) in [5.41, 5.74) is 1.17. The monoisotopic (exact) mass is 488 g/mol. The van der Waals surface area contributed by atoms with Gasteiger partial charge in [-0.05, 0) is 42.1 Å². The van der Waals surface area contributed by atoms with Crippen molar-refractivity contribution in [3.8, 4) is 11.3 Å². The van der Waals surface area contributed by atoms with Crippen LogP contribution < -0.4 is 0 Å². The third-order valence-corrected chi connectivity index (χ3v) is 6.88. The molecule has 0 N–H and O–H groups in total. The van der Waals surface area contributed by atoms with Crippen molar-refractivity contribution in [3.05, 3.63) is 94.1 Å². The fourth-order valence-electron chi connectivity index (χ4n) is 3.42. The molecule has 0 saturated carbocycles. The molecule has 0 unspecified atom stereocenters. The normalized spacial score (nSPS) is 16.1. The number of para-hydroxylation sites is 2. The van der Waals surface area contributed by atoms with Gasteiger partial charge in [-0.2, -0.15) is 4.99 Å². The van der Waals surface area contributed by atoms with Gasteiger partial charge in [-0.15, -0.1) is 6.58 Å². The van der Waals surface area contributed by atoms with E-state index in [1.807, 2.05) is 24.3 Å². The Hall–Kier alpha value is -4.02. The second kappa shape index (κ2) is 9.08. The Labute approximate surface area is 202 Å². The number of amides is 1. The van der Waals surface area contributed by atoms with Crippen LogP contribution in [-0.4, -0.2) is 32.4 Å². The SMILES string of the molecule is C=CCN1C(=O)C(=Cc2ccc(-c3ccccc3[N+](=O)[O-])o2)SC1=Nc1nc2ccccc2s1. The van der Waals surface area contributed by atoms with Gasteiger partial charge in [0, 0.05) is 18.7 Å². The number of carbonyl (C=O) groups is 1. The number of carbonyl (C=O) groups excluding carboxylic acids is 1. The highest BCUT2D eigenvalue weighted by Crippen LogP contribution is 2.37. The molecule has 0 bridgehead atoms. The van der Waals surface area contributed by atoms with E-state index in [1.54, 1.807) is 42.5 Å². The fourth-order valence-corrected chi connectivity index (χ4v) is 5.28. The lowest BCUT2D eigenvalue weighted by Crippen LogP contribution is -2.29. The first kappa shape index (κ1) is 21.8. The molecule has 2 aromatic carbocycles. The van der Waals surface area contributed by atoms with Crippen molar-refractivity contribution in [2.45, 2.75) is 0 Å². The number of fused-ring (bicyclic) bond motifs is 1. The number of hydrogen-bond donors (Lipinski definition) is 0. The molecule has 1 amide bonds. The standard InChI is InChI=1S/C24H16N4O4S2/c1-2-13-27-22(29)21(34-24(27)26-23-25-17-8-4-6-10-20(17)33-23)14-15-11-12-19(32-15)16-7-3-5-9-18(16)28(30)31/h2-12,14H,1,13H2. The molecule has 8 nitrogen and oxygen atoms in total. The van der Waals surface area contributed by atoms with Crippen LogP contribution in [0.5, 0.6) is 0 Å². The maximum Gasteiger partial charge on any atom is 0.280 e. The lowest BCUT2D eigenvalue weighted by molar-refractivity contribution is -0.384. The summed E-state index contributed by atoms with van der Waals surface area (Å²) in [6, 6.07) is 17.4. The van der Waals surface area contributed by atoms with Crippen molar-refractivity contribution >= 4 is 61.3 Å². The minimum atomic E-state index is -0.454. The summed E-state index contributed by atoms with van der Waals surface area (Å²) in [6.07, 6.45) is 3.25. The van der Waals surface area contributed by atoms with Crippen LogP contribution in [0.4, 0.5) is 10.8 Å². The number of benzene rings is 2. The number of thiazole rings is 1. The Balaban J connectivity index is 1.46. The highest BCUT2D eigenvalue weighted by Gasteiger charge is 2.33. The van der Waals surface area contributed by atoms with Crippen molar-refractivity contribution in [1.29, 1.82) is 0 Å². The predicted octanol–water partition coefficient (Wildman–Crippen LogP) is 6.25. The van der Waals surface area contributed by atoms with Gasteiger partial charge in [-0.1, -0.05) is 41.7 Å². The summed E-state index contributed by atoms with van der Waals surface area (Å²) in [4.78, 5) is 35.0. The molecule has 5 rings (SSSR count). The molecule has 1 aliphatic rings. The van der Waals surface area contributed by atoms with Crippen LogP contribution in [0.15, 0.2) is 87.6 Å². The van der Waals surface area contributed by atoms with Gasteiger partial charge in [0.1, 0.15) is 11.5 Å². The number of furan rings is 1. The first-order chi connectivity index (χ1) is 16.5. The molecule has 1 saturated heterocycles. The van der Waals surface area contributed by atoms with E-state index in [0.717, 1.165) is 10.2 Å². The van der Waals surface area contributed by atoms with Gasteiger partial charge in [0.15, 0.2) is 5.17 Å². The number of nitro groups is 1. The van der Waals surface area contributed by atoms with Gasteiger partial charge in [0.25, 0.3) is 11.6 Å². The van der Waals surface area contributed by atoms with Gasteiger partial charge in [-0.3, -0.25) is 19.8 Å². The Kier molecular flexibility index (Phi) is 5.83.